The smallest absolute Gasteiger partial charge is 0.264 e. The van der Waals surface area contributed by atoms with E-state index >= 15 is 0 Å². The van der Waals surface area contributed by atoms with Crippen molar-refractivity contribution < 1.29 is 27.1 Å². The monoisotopic (exact) mass is 499 g/mol. The summed E-state index contributed by atoms with van der Waals surface area (Å²) in [6.07, 6.45) is 0.365. The number of nitrogens with zero attached hydrogens (tertiary/aromatic N) is 1. The van der Waals surface area contributed by atoms with Gasteiger partial charge in [-0.1, -0.05) is 18.2 Å². The number of carbonyl (C=O) groups is 2. The van der Waals surface area contributed by atoms with Crippen LogP contribution in [0.3, 0.4) is 0 Å². The molecule has 0 aromatic heterocycles. The van der Waals surface area contributed by atoms with Gasteiger partial charge in [-0.25, -0.2) is 12.8 Å². The number of carbonyl (C=O) groups excluding carboxylic acids is 2. The first-order chi connectivity index (χ1) is 16.7. The largest absolute Gasteiger partial charge is 0.484 e. The molecule has 0 heterocycles. The minimum Gasteiger partial charge on any atom is -0.484 e. The van der Waals surface area contributed by atoms with Crippen molar-refractivity contribution in [2.75, 3.05) is 29.8 Å². The average molecular weight is 500 g/mol. The zero-order valence-corrected chi connectivity index (χ0v) is 20.1. The molecule has 0 aliphatic carbocycles. The van der Waals surface area contributed by atoms with Crippen molar-refractivity contribution in [3.05, 3.63) is 84.2 Å². The number of amides is 2. The standard InChI is InChI=1S/C25H26FN3O5S/c1-18(30)28-20-7-13-23(14-8-20)35(32,33)29(2)21-9-11-22(12-10-21)34-17-25(31)27-16-15-19-5-3-4-6-24(19)26/h3-14H,15-17H2,1-2H3,(H,27,31)(H,28,30). The summed E-state index contributed by atoms with van der Waals surface area (Å²) in [5.41, 5.74) is 1.42. The van der Waals surface area contributed by atoms with Crippen molar-refractivity contribution in [3.8, 4) is 5.75 Å². The Morgan fingerprint density at radius 2 is 1.63 bits per heavy atom. The SMILES string of the molecule is CC(=O)Nc1ccc(S(=O)(=O)N(C)c2ccc(OCC(=O)NCCc3ccccc3F)cc2)cc1. The molecule has 0 fully saturated rings. The van der Waals surface area contributed by atoms with Gasteiger partial charge >= 0.3 is 0 Å². The molecule has 3 rings (SSSR count). The highest BCUT2D eigenvalue weighted by Gasteiger charge is 2.21. The third kappa shape index (κ3) is 7.03. The van der Waals surface area contributed by atoms with Gasteiger partial charge in [0.25, 0.3) is 15.9 Å². The quantitative estimate of drug-likeness (QED) is 0.445. The minimum atomic E-state index is -3.82. The summed E-state index contributed by atoms with van der Waals surface area (Å²) in [4.78, 5) is 23.2. The lowest BCUT2D eigenvalue weighted by molar-refractivity contribution is -0.123. The van der Waals surface area contributed by atoms with E-state index in [1.165, 1.54) is 44.3 Å². The topological polar surface area (TPSA) is 105 Å². The highest BCUT2D eigenvalue weighted by molar-refractivity contribution is 7.92. The number of nitrogens with one attached hydrogen (secondary N) is 2. The van der Waals surface area contributed by atoms with Crippen molar-refractivity contribution in [3.63, 3.8) is 0 Å². The van der Waals surface area contributed by atoms with Gasteiger partial charge in [0.1, 0.15) is 11.6 Å². The first kappa shape index (κ1) is 25.7. The number of hydrogen-bond donors (Lipinski definition) is 2. The van der Waals surface area contributed by atoms with Gasteiger partial charge in [-0.2, -0.15) is 0 Å². The lowest BCUT2D eigenvalue weighted by Gasteiger charge is -2.20. The maximum absolute atomic E-state index is 13.6. The van der Waals surface area contributed by atoms with Crippen LogP contribution in [-0.2, 0) is 26.0 Å². The van der Waals surface area contributed by atoms with E-state index in [0.717, 1.165) is 4.31 Å². The van der Waals surface area contributed by atoms with E-state index in [2.05, 4.69) is 10.6 Å². The van der Waals surface area contributed by atoms with Gasteiger partial charge < -0.3 is 15.4 Å². The Balaban J connectivity index is 1.52. The Kier molecular flexibility index (Phi) is 8.43. The van der Waals surface area contributed by atoms with E-state index in [4.69, 9.17) is 4.74 Å². The number of hydrogen-bond acceptors (Lipinski definition) is 5. The van der Waals surface area contributed by atoms with Crippen LogP contribution in [0.15, 0.2) is 77.7 Å². The second-order valence-electron chi connectivity index (χ2n) is 7.65. The van der Waals surface area contributed by atoms with Crippen LogP contribution in [-0.4, -0.2) is 40.4 Å². The molecule has 3 aromatic rings. The Hall–Kier alpha value is -3.92. The molecule has 35 heavy (non-hydrogen) atoms. The maximum Gasteiger partial charge on any atom is 0.264 e. The van der Waals surface area contributed by atoms with Crippen LogP contribution in [0.25, 0.3) is 0 Å². The molecular formula is C25H26FN3O5S. The fourth-order valence-electron chi connectivity index (χ4n) is 3.20. The van der Waals surface area contributed by atoms with E-state index in [1.54, 1.807) is 42.5 Å². The highest BCUT2D eigenvalue weighted by atomic mass is 32.2. The van der Waals surface area contributed by atoms with Crippen molar-refractivity contribution >= 4 is 33.2 Å². The van der Waals surface area contributed by atoms with Crippen LogP contribution in [0, 0.1) is 5.82 Å². The van der Waals surface area contributed by atoms with E-state index in [0.29, 0.717) is 29.1 Å². The first-order valence-electron chi connectivity index (χ1n) is 10.8. The van der Waals surface area contributed by atoms with Gasteiger partial charge in [0.05, 0.1) is 10.6 Å². The third-order valence-electron chi connectivity index (χ3n) is 5.08. The predicted octanol–water partition coefficient (Wildman–Crippen LogP) is 3.35. The molecule has 0 saturated heterocycles. The summed E-state index contributed by atoms with van der Waals surface area (Å²) in [6.45, 7) is 1.41. The van der Waals surface area contributed by atoms with E-state index < -0.39 is 10.0 Å². The van der Waals surface area contributed by atoms with Gasteiger partial charge in [0, 0.05) is 26.2 Å². The van der Waals surface area contributed by atoms with Gasteiger partial charge in [-0.15, -0.1) is 0 Å². The normalized spacial score (nSPS) is 10.9. The van der Waals surface area contributed by atoms with Crippen LogP contribution < -0.4 is 19.7 Å². The van der Waals surface area contributed by atoms with Gasteiger partial charge in [0.2, 0.25) is 5.91 Å². The third-order valence-corrected chi connectivity index (χ3v) is 6.88. The Bertz CT molecular complexity index is 1280. The number of anilines is 2. The zero-order chi connectivity index (χ0) is 25.4. The highest BCUT2D eigenvalue weighted by Crippen LogP contribution is 2.25. The molecule has 0 saturated carbocycles. The number of ether oxygens (including phenoxy) is 1. The molecule has 0 bridgehead atoms. The number of sulfonamides is 1. The fraction of sp³-hybridized carbons (Fsp3) is 0.200. The van der Waals surface area contributed by atoms with Crippen LogP contribution in [0.5, 0.6) is 5.75 Å². The zero-order valence-electron chi connectivity index (χ0n) is 19.3. The molecule has 10 heteroatoms. The second-order valence-corrected chi connectivity index (χ2v) is 9.62. The molecule has 184 valence electrons. The molecule has 0 spiro atoms. The van der Waals surface area contributed by atoms with Crippen molar-refractivity contribution in [2.45, 2.75) is 18.2 Å². The second kappa shape index (κ2) is 11.5. The summed E-state index contributed by atoms with van der Waals surface area (Å²) in [6, 6.07) is 18.5. The lowest BCUT2D eigenvalue weighted by atomic mass is 10.1. The van der Waals surface area contributed by atoms with Crippen LogP contribution >= 0.6 is 0 Å². The summed E-state index contributed by atoms with van der Waals surface area (Å²) >= 11 is 0. The van der Waals surface area contributed by atoms with E-state index in [1.807, 2.05) is 0 Å². The molecular weight excluding hydrogens is 473 g/mol. The molecule has 0 aliphatic rings. The Morgan fingerprint density at radius 3 is 2.26 bits per heavy atom. The van der Waals surface area contributed by atoms with E-state index in [9.17, 15) is 22.4 Å². The van der Waals surface area contributed by atoms with Gasteiger partial charge in [-0.3, -0.25) is 13.9 Å². The molecule has 2 N–H and O–H groups in total. The van der Waals surface area contributed by atoms with Crippen molar-refractivity contribution in [1.82, 2.24) is 5.32 Å². The number of rotatable bonds is 10. The van der Waals surface area contributed by atoms with Crippen LogP contribution in [0.4, 0.5) is 15.8 Å². The van der Waals surface area contributed by atoms with Crippen molar-refractivity contribution in [1.29, 1.82) is 0 Å². The Morgan fingerprint density at radius 1 is 0.971 bits per heavy atom. The summed E-state index contributed by atoms with van der Waals surface area (Å²) in [5.74, 6) is -0.525. The van der Waals surface area contributed by atoms with Crippen LogP contribution in [0.2, 0.25) is 0 Å². The molecule has 0 aliphatic heterocycles. The minimum absolute atomic E-state index is 0.0708. The average Bonchev–Trinajstić information content (AvgIpc) is 2.84. The lowest BCUT2D eigenvalue weighted by Crippen LogP contribution is -2.30. The summed E-state index contributed by atoms with van der Waals surface area (Å²) in [5, 5.41) is 5.26. The predicted molar refractivity (Wildman–Crippen MR) is 131 cm³/mol. The number of halogens is 1. The van der Waals surface area contributed by atoms with Crippen molar-refractivity contribution in [2.24, 2.45) is 0 Å². The summed E-state index contributed by atoms with van der Waals surface area (Å²) in [7, 11) is -2.40. The summed E-state index contributed by atoms with van der Waals surface area (Å²) < 4.78 is 46.0. The number of benzene rings is 3. The molecule has 8 nitrogen and oxygen atoms in total. The van der Waals surface area contributed by atoms with Crippen LogP contribution in [0.1, 0.15) is 12.5 Å². The van der Waals surface area contributed by atoms with E-state index in [-0.39, 0.29) is 35.7 Å². The molecule has 3 aromatic carbocycles. The van der Waals surface area contributed by atoms with Gasteiger partial charge in [-0.05, 0) is 66.6 Å². The molecule has 0 atom stereocenters. The van der Waals surface area contributed by atoms with Gasteiger partial charge in [0.15, 0.2) is 6.61 Å². The molecule has 0 unspecified atom stereocenters. The molecule has 2 amide bonds. The fourth-order valence-corrected chi connectivity index (χ4v) is 4.40. The maximum atomic E-state index is 13.6. The Labute approximate surface area is 203 Å². The first-order valence-corrected chi connectivity index (χ1v) is 12.2. The molecule has 0 radical (unpaired) electrons.